The zero-order valence-electron chi connectivity index (χ0n) is 13.0. The maximum Gasteiger partial charge on any atom is 0.123 e. The maximum atomic E-state index is 13.6. The summed E-state index contributed by atoms with van der Waals surface area (Å²) in [6, 6.07) is 10.5. The van der Waals surface area contributed by atoms with Crippen LogP contribution in [0.25, 0.3) is 11.1 Å². The second kappa shape index (κ2) is 5.61. The molecule has 0 atom stereocenters. The molecule has 1 aliphatic carbocycles. The van der Waals surface area contributed by atoms with Gasteiger partial charge in [0.1, 0.15) is 5.82 Å². The third-order valence-corrected chi connectivity index (χ3v) is 4.19. The molecule has 0 aromatic heterocycles. The summed E-state index contributed by atoms with van der Waals surface area (Å²) in [7, 11) is 0. The lowest BCUT2D eigenvalue weighted by Crippen LogP contribution is -2.16. The van der Waals surface area contributed by atoms with Gasteiger partial charge >= 0.3 is 0 Å². The van der Waals surface area contributed by atoms with Gasteiger partial charge in [0.2, 0.25) is 0 Å². The number of benzene rings is 2. The predicted molar refractivity (Wildman–Crippen MR) is 85.9 cm³/mol. The molecule has 0 radical (unpaired) electrons. The normalized spacial score (nSPS) is 14.5. The molecule has 2 heteroatoms. The van der Waals surface area contributed by atoms with Crippen molar-refractivity contribution < 1.29 is 4.39 Å². The third-order valence-electron chi connectivity index (χ3n) is 4.19. The van der Waals surface area contributed by atoms with Crippen molar-refractivity contribution in [2.45, 2.75) is 46.2 Å². The van der Waals surface area contributed by atoms with Gasteiger partial charge in [-0.05, 0) is 73.6 Å². The van der Waals surface area contributed by atoms with E-state index in [4.69, 9.17) is 0 Å². The molecule has 0 amide bonds. The Hall–Kier alpha value is -1.67. The predicted octanol–water partition coefficient (Wildman–Crippen LogP) is 4.67. The first-order valence-electron chi connectivity index (χ1n) is 7.64. The van der Waals surface area contributed by atoms with Crippen LogP contribution >= 0.6 is 0 Å². The lowest BCUT2D eigenvalue weighted by atomic mass is 9.91. The number of rotatable bonds is 4. The van der Waals surface area contributed by atoms with Crippen molar-refractivity contribution >= 4 is 0 Å². The van der Waals surface area contributed by atoms with Crippen molar-refractivity contribution in [2.24, 2.45) is 0 Å². The highest BCUT2D eigenvalue weighted by Crippen LogP contribution is 2.32. The van der Waals surface area contributed by atoms with Crippen molar-refractivity contribution in [1.29, 1.82) is 0 Å². The molecular weight excluding hydrogens is 261 g/mol. The van der Waals surface area contributed by atoms with E-state index in [0.717, 1.165) is 17.7 Å². The van der Waals surface area contributed by atoms with Crippen LogP contribution in [-0.4, -0.2) is 6.04 Å². The van der Waals surface area contributed by atoms with Gasteiger partial charge in [-0.2, -0.15) is 0 Å². The van der Waals surface area contributed by atoms with Crippen LogP contribution in [0, 0.1) is 26.6 Å². The quantitative estimate of drug-likeness (QED) is 0.859. The van der Waals surface area contributed by atoms with Gasteiger partial charge in [-0.25, -0.2) is 4.39 Å². The van der Waals surface area contributed by atoms with Gasteiger partial charge in [0.25, 0.3) is 0 Å². The number of halogens is 1. The molecule has 2 aromatic rings. The average molecular weight is 283 g/mol. The zero-order valence-corrected chi connectivity index (χ0v) is 13.0. The second-order valence-electron chi connectivity index (χ2n) is 6.23. The molecular formula is C19H22FN. The van der Waals surface area contributed by atoms with Crippen LogP contribution in [0.3, 0.4) is 0 Å². The summed E-state index contributed by atoms with van der Waals surface area (Å²) in [6.45, 7) is 6.98. The molecule has 1 nitrogen and oxygen atoms in total. The zero-order chi connectivity index (χ0) is 15.0. The molecule has 0 saturated heterocycles. The minimum Gasteiger partial charge on any atom is -0.310 e. The van der Waals surface area contributed by atoms with E-state index in [1.165, 1.54) is 35.1 Å². The summed E-state index contributed by atoms with van der Waals surface area (Å²) in [5.74, 6) is -0.154. The molecule has 21 heavy (non-hydrogen) atoms. The van der Waals surface area contributed by atoms with Crippen LogP contribution in [0.1, 0.15) is 35.1 Å². The summed E-state index contributed by atoms with van der Waals surface area (Å²) in [6.07, 6.45) is 2.57. The van der Waals surface area contributed by atoms with Crippen LogP contribution in [-0.2, 0) is 6.54 Å². The summed E-state index contributed by atoms with van der Waals surface area (Å²) < 4.78 is 13.6. The maximum absolute atomic E-state index is 13.6. The number of nitrogens with one attached hydrogen (secondary N) is 1. The Labute approximate surface area is 126 Å². The van der Waals surface area contributed by atoms with E-state index >= 15 is 0 Å². The highest BCUT2D eigenvalue weighted by molar-refractivity contribution is 5.74. The first kappa shape index (κ1) is 14.3. The minimum atomic E-state index is -0.154. The molecule has 0 heterocycles. The molecule has 1 fully saturated rings. The Morgan fingerprint density at radius 1 is 1.05 bits per heavy atom. The van der Waals surface area contributed by atoms with Gasteiger partial charge < -0.3 is 5.32 Å². The molecule has 1 aliphatic rings. The fourth-order valence-corrected chi connectivity index (χ4v) is 2.95. The van der Waals surface area contributed by atoms with Crippen molar-refractivity contribution in [3.8, 4) is 11.1 Å². The van der Waals surface area contributed by atoms with E-state index in [9.17, 15) is 4.39 Å². The SMILES string of the molecule is Cc1ccc(CNC2CC2)c(-c2c(C)cc(F)cc2C)c1. The Kier molecular flexibility index (Phi) is 3.81. The highest BCUT2D eigenvalue weighted by Gasteiger charge is 2.21. The summed E-state index contributed by atoms with van der Waals surface area (Å²) in [5, 5.41) is 3.58. The van der Waals surface area contributed by atoms with E-state index in [0.29, 0.717) is 6.04 Å². The number of hydrogen-bond acceptors (Lipinski definition) is 1. The molecule has 0 unspecified atom stereocenters. The summed E-state index contributed by atoms with van der Waals surface area (Å²) >= 11 is 0. The smallest absolute Gasteiger partial charge is 0.123 e. The highest BCUT2D eigenvalue weighted by atomic mass is 19.1. The number of aryl methyl sites for hydroxylation is 3. The number of hydrogen-bond donors (Lipinski definition) is 1. The fourth-order valence-electron chi connectivity index (χ4n) is 2.95. The van der Waals surface area contributed by atoms with Gasteiger partial charge in [0.15, 0.2) is 0 Å². The van der Waals surface area contributed by atoms with Crippen LogP contribution in [0.4, 0.5) is 4.39 Å². The lowest BCUT2D eigenvalue weighted by Gasteiger charge is -2.16. The molecule has 3 rings (SSSR count). The summed E-state index contributed by atoms with van der Waals surface area (Å²) in [5.41, 5.74) is 6.95. The average Bonchev–Trinajstić information content (AvgIpc) is 3.20. The van der Waals surface area contributed by atoms with Crippen LogP contribution < -0.4 is 5.32 Å². The van der Waals surface area contributed by atoms with Crippen molar-refractivity contribution in [3.63, 3.8) is 0 Å². The van der Waals surface area contributed by atoms with Crippen molar-refractivity contribution in [3.05, 3.63) is 58.4 Å². The first-order valence-corrected chi connectivity index (χ1v) is 7.64. The van der Waals surface area contributed by atoms with E-state index < -0.39 is 0 Å². The summed E-state index contributed by atoms with van der Waals surface area (Å²) in [4.78, 5) is 0. The second-order valence-corrected chi connectivity index (χ2v) is 6.23. The van der Waals surface area contributed by atoms with Gasteiger partial charge in [-0.1, -0.05) is 23.8 Å². The van der Waals surface area contributed by atoms with E-state index in [-0.39, 0.29) is 5.82 Å². The largest absolute Gasteiger partial charge is 0.310 e. The van der Waals surface area contributed by atoms with Crippen molar-refractivity contribution in [1.82, 2.24) is 5.32 Å². The fraction of sp³-hybridized carbons (Fsp3) is 0.368. The molecule has 110 valence electrons. The van der Waals surface area contributed by atoms with Gasteiger partial charge in [0.05, 0.1) is 0 Å². The monoisotopic (exact) mass is 283 g/mol. The standard InChI is InChI=1S/C19H22FN/c1-12-4-5-15(11-21-17-6-7-17)18(8-12)19-13(2)9-16(20)10-14(19)3/h4-5,8-10,17,21H,6-7,11H2,1-3H3. The lowest BCUT2D eigenvalue weighted by molar-refractivity contribution is 0.625. The van der Waals surface area contributed by atoms with Crippen LogP contribution in [0.15, 0.2) is 30.3 Å². The van der Waals surface area contributed by atoms with Gasteiger partial charge in [-0.3, -0.25) is 0 Å². The van der Waals surface area contributed by atoms with E-state index in [2.05, 4.69) is 30.4 Å². The topological polar surface area (TPSA) is 12.0 Å². The molecule has 1 N–H and O–H groups in total. The Morgan fingerprint density at radius 3 is 2.33 bits per heavy atom. The Balaban J connectivity index is 2.05. The minimum absolute atomic E-state index is 0.154. The molecule has 0 aliphatic heterocycles. The van der Waals surface area contributed by atoms with Gasteiger partial charge in [-0.15, -0.1) is 0 Å². The van der Waals surface area contributed by atoms with E-state index in [1.54, 1.807) is 12.1 Å². The third kappa shape index (κ3) is 3.16. The Bertz CT molecular complexity index is 648. The molecule has 0 spiro atoms. The Morgan fingerprint density at radius 2 is 1.71 bits per heavy atom. The molecule has 2 aromatic carbocycles. The first-order chi connectivity index (χ1) is 10.0. The van der Waals surface area contributed by atoms with Gasteiger partial charge in [0, 0.05) is 12.6 Å². The van der Waals surface area contributed by atoms with Crippen molar-refractivity contribution in [2.75, 3.05) is 0 Å². The van der Waals surface area contributed by atoms with Crippen LogP contribution in [0.2, 0.25) is 0 Å². The molecule has 1 saturated carbocycles. The van der Waals surface area contributed by atoms with E-state index in [1.807, 2.05) is 13.8 Å². The van der Waals surface area contributed by atoms with Crippen LogP contribution in [0.5, 0.6) is 0 Å². The molecule has 0 bridgehead atoms.